The van der Waals surface area contributed by atoms with Crippen LogP contribution in [0.2, 0.25) is 0 Å². The van der Waals surface area contributed by atoms with Crippen molar-refractivity contribution in [2.24, 2.45) is 0 Å². The molecule has 0 atom stereocenters. The summed E-state index contributed by atoms with van der Waals surface area (Å²) in [7, 11) is 1.54. The molecule has 0 radical (unpaired) electrons. The Bertz CT molecular complexity index is 710. The van der Waals surface area contributed by atoms with E-state index in [1.54, 1.807) is 19.2 Å². The number of aryl methyl sites for hydroxylation is 1. The van der Waals surface area contributed by atoms with Gasteiger partial charge in [0.15, 0.2) is 11.5 Å². The molecule has 2 aromatic rings. The average molecular weight is 313 g/mol. The van der Waals surface area contributed by atoms with Crippen molar-refractivity contribution in [1.82, 2.24) is 0 Å². The number of ether oxygens (including phenoxy) is 3. The monoisotopic (exact) mass is 313 g/mol. The van der Waals surface area contributed by atoms with Crippen LogP contribution in [-0.2, 0) is 6.42 Å². The summed E-state index contributed by atoms with van der Waals surface area (Å²) in [6.07, 6.45) is 0.918. The molecule has 0 saturated heterocycles. The molecule has 2 aromatic carbocycles. The van der Waals surface area contributed by atoms with Crippen LogP contribution >= 0.6 is 0 Å². The van der Waals surface area contributed by atoms with Gasteiger partial charge in [0.1, 0.15) is 13.2 Å². The minimum Gasteiger partial charge on any atom is -0.493 e. The first-order chi connectivity index (χ1) is 11.2. The molecule has 1 aliphatic heterocycles. The molecule has 0 aliphatic carbocycles. The second-order valence-corrected chi connectivity index (χ2v) is 5.21. The SMILES string of the molecule is CCc1cccc(NC(=O)c2cc(OC)c3c(c2)OCCO3)c1. The van der Waals surface area contributed by atoms with E-state index >= 15 is 0 Å². The highest BCUT2D eigenvalue weighted by Gasteiger charge is 2.21. The molecule has 0 aromatic heterocycles. The number of fused-ring (bicyclic) bond motifs is 1. The number of hydrogen-bond donors (Lipinski definition) is 1. The highest BCUT2D eigenvalue weighted by molar-refractivity contribution is 6.05. The van der Waals surface area contributed by atoms with Crippen molar-refractivity contribution in [3.63, 3.8) is 0 Å². The molecule has 5 heteroatoms. The van der Waals surface area contributed by atoms with Crippen molar-refractivity contribution >= 4 is 11.6 Å². The van der Waals surface area contributed by atoms with Crippen LogP contribution in [0.5, 0.6) is 17.2 Å². The Kier molecular flexibility index (Phi) is 4.37. The normalized spacial score (nSPS) is 12.6. The summed E-state index contributed by atoms with van der Waals surface area (Å²) in [4.78, 5) is 12.5. The summed E-state index contributed by atoms with van der Waals surface area (Å²) in [5.41, 5.74) is 2.40. The zero-order chi connectivity index (χ0) is 16.2. The molecule has 1 N–H and O–H groups in total. The number of rotatable bonds is 4. The summed E-state index contributed by atoms with van der Waals surface area (Å²) >= 11 is 0. The Morgan fingerprint density at radius 3 is 2.83 bits per heavy atom. The van der Waals surface area contributed by atoms with Crippen LogP contribution in [0.15, 0.2) is 36.4 Å². The van der Waals surface area contributed by atoms with E-state index in [0.29, 0.717) is 36.0 Å². The second-order valence-electron chi connectivity index (χ2n) is 5.21. The number of methoxy groups -OCH3 is 1. The van der Waals surface area contributed by atoms with Gasteiger partial charge in [-0.05, 0) is 36.2 Å². The van der Waals surface area contributed by atoms with Crippen LogP contribution in [0.4, 0.5) is 5.69 Å². The van der Waals surface area contributed by atoms with E-state index < -0.39 is 0 Å². The van der Waals surface area contributed by atoms with Crippen molar-refractivity contribution in [1.29, 1.82) is 0 Å². The van der Waals surface area contributed by atoms with Gasteiger partial charge in [0, 0.05) is 11.3 Å². The van der Waals surface area contributed by atoms with E-state index in [0.717, 1.165) is 12.1 Å². The van der Waals surface area contributed by atoms with Crippen LogP contribution in [0.1, 0.15) is 22.8 Å². The number of hydrogen-bond acceptors (Lipinski definition) is 4. The summed E-state index contributed by atoms with van der Waals surface area (Å²) in [6, 6.07) is 11.1. The Balaban J connectivity index is 1.87. The van der Waals surface area contributed by atoms with E-state index in [2.05, 4.69) is 12.2 Å². The first-order valence-electron chi connectivity index (χ1n) is 7.59. The lowest BCUT2D eigenvalue weighted by molar-refractivity contribution is 0.102. The highest BCUT2D eigenvalue weighted by Crippen LogP contribution is 2.40. The molecular weight excluding hydrogens is 294 g/mol. The van der Waals surface area contributed by atoms with E-state index in [1.807, 2.05) is 24.3 Å². The molecular formula is C18H19NO4. The Morgan fingerprint density at radius 1 is 1.22 bits per heavy atom. The molecule has 1 amide bonds. The van der Waals surface area contributed by atoms with Crippen molar-refractivity contribution in [3.8, 4) is 17.2 Å². The topological polar surface area (TPSA) is 56.8 Å². The molecule has 0 bridgehead atoms. The Morgan fingerprint density at radius 2 is 2.04 bits per heavy atom. The number of benzene rings is 2. The van der Waals surface area contributed by atoms with Crippen LogP contribution in [-0.4, -0.2) is 26.2 Å². The molecule has 0 saturated carbocycles. The van der Waals surface area contributed by atoms with Crippen LogP contribution in [0, 0.1) is 0 Å². The summed E-state index contributed by atoms with van der Waals surface area (Å²) < 4.78 is 16.4. The number of carbonyl (C=O) groups is 1. The van der Waals surface area contributed by atoms with Gasteiger partial charge in [0.25, 0.3) is 5.91 Å². The maximum Gasteiger partial charge on any atom is 0.255 e. The van der Waals surface area contributed by atoms with Crippen molar-refractivity contribution in [2.75, 3.05) is 25.6 Å². The third-order valence-corrected chi connectivity index (χ3v) is 3.68. The predicted octanol–water partition coefficient (Wildman–Crippen LogP) is 3.28. The second kappa shape index (κ2) is 6.60. The molecule has 3 rings (SSSR count). The fourth-order valence-corrected chi connectivity index (χ4v) is 2.48. The smallest absolute Gasteiger partial charge is 0.255 e. The first kappa shape index (κ1) is 15.2. The van der Waals surface area contributed by atoms with Crippen molar-refractivity contribution < 1.29 is 19.0 Å². The zero-order valence-electron chi connectivity index (χ0n) is 13.2. The van der Waals surface area contributed by atoms with Crippen LogP contribution in [0.3, 0.4) is 0 Å². The van der Waals surface area contributed by atoms with Gasteiger partial charge in [-0.15, -0.1) is 0 Å². The lowest BCUT2D eigenvalue weighted by Gasteiger charge is -2.21. The van der Waals surface area contributed by atoms with Gasteiger partial charge >= 0.3 is 0 Å². The fourth-order valence-electron chi connectivity index (χ4n) is 2.48. The quantitative estimate of drug-likeness (QED) is 0.941. The molecule has 0 unspecified atom stereocenters. The molecule has 0 fully saturated rings. The van der Waals surface area contributed by atoms with Gasteiger partial charge < -0.3 is 19.5 Å². The maximum absolute atomic E-state index is 12.5. The van der Waals surface area contributed by atoms with Gasteiger partial charge in [-0.3, -0.25) is 4.79 Å². The third kappa shape index (κ3) is 3.23. The molecule has 1 aliphatic rings. The molecule has 1 heterocycles. The number of anilines is 1. The van der Waals surface area contributed by atoms with E-state index in [9.17, 15) is 4.79 Å². The number of nitrogens with one attached hydrogen (secondary N) is 1. The molecule has 5 nitrogen and oxygen atoms in total. The van der Waals surface area contributed by atoms with Gasteiger partial charge in [0.2, 0.25) is 5.75 Å². The lowest BCUT2D eigenvalue weighted by atomic mass is 10.1. The predicted molar refractivity (Wildman–Crippen MR) is 87.8 cm³/mol. The number of carbonyl (C=O) groups excluding carboxylic acids is 1. The zero-order valence-corrected chi connectivity index (χ0v) is 13.2. The van der Waals surface area contributed by atoms with Crippen LogP contribution in [0.25, 0.3) is 0 Å². The maximum atomic E-state index is 12.5. The van der Waals surface area contributed by atoms with E-state index in [1.165, 1.54) is 5.56 Å². The van der Waals surface area contributed by atoms with Gasteiger partial charge in [0.05, 0.1) is 7.11 Å². The van der Waals surface area contributed by atoms with Gasteiger partial charge in [-0.2, -0.15) is 0 Å². The Labute approximate surface area is 135 Å². The fraction of sp³-hybridized carbons (Fsp3) is 0.278. The molecule has 120 valence electrons. The van der Waals surface area contributed by atoms with Gasteiger partial charge in [-0.25, -0.2) is 0 Å². The minimum atomic E-state index is -0.214. The summed E-state index contributed by atoms with van der Waals surface area (Å²) in [5.74, 6) is 1.36. The molecule has 23 heavy (non-hydrogen) atoms. The number of amides is 1. The van der Waals surface area contributed by atoms with Crippen LogP contribution < -0.4 is 19.5 Å². The standard InChI is InChI=1S/C18H19NO4/c1-3-12-5-4-6-14(9-12)19-18(20)13-10-15(21-2)17-16(11-13)22-7-8-23-17/h4-6,9-11H,3,7-8H2,1-2H3,(H,19,20). The first-order valence-corrected chi connectivity index (χ1v) is 7.59. The lowest BCUT2D eigenvalue weighted by Crippen LogP contribution is -2.18. The van der Waals surface area contributed by atoms with E-state index in [-0.39, 0.29) is 5.91 Å². The molecule has 0 spiro atoms. The third-order valence-electron chi connectivity index (χ3n) is 3.68. The minimum absolute atomic E-state index is 0.214. The summed E-state index contributed by atoms with van der Waals surface area (Å²) in [5, 5.41) is 2.90. The van der Waals surface area contributed by atoms with Gasteiger partial charge in [-0.1, -0.05) is 19.1 Å². The largest absolute Gasteiger partial charge is 0.493 e. The Hall–Kier alpha value is -2.69. The summed E-state index contributed by atoms with van der Waals surface area (Å²) in [6.45, 7) is 3.01. The van der Waals surface area contributed by atoms with E-state index in [4.69, 9.17) is 14.2 Å². The van der Waals surface area contributed by atoms with Crippen molar-refractivity contribution in [2.45, 2.75) is 13.3 Å². The average Bonchev–Trinajstić information content (AvgIpc) is 2.60. The van der Waals surface area contributed by atoms with Crippen molar-refractivity contribution in [3.05, 3.63) is 47.5 Å². The highest BCUT2D eigenvalue weighted by atomic mass is 16.6.